The van der Waals surface area contributed by atoms with Crippen molar-refractivity contribution < 1.29 is 28.2 Å². The molecule has 1 aromatic heterocycles. The number of ether oxygens (including phenoxy) is 3. The molecule has 0 bridgehead atoms. The van der Waals surface area contributed by atoms with E-state index in [9.17, 15) is 14.0 Å². The van der Waals surface area contributed by atoms with Crippen LogP contribution in [0.25, 0.3) is 10.9 Å². The number of methoxy groups -OCH3 is 1. The number of aromatic nitrogens is 2. The first-order valence-electron chi connectivity index (χ1n) is 10.2. The molecule has 0 atom stereocenters. The lowest BCUT2D eigenvalue weighted by atomic mass is 10.1. The summed E-state index contributed by atoms with van der Waals surface area (Å²) in [5, 5.41) is 6.25. The number of hydrogen-bond donors (Lipinski definition) is 2. The van der Waals surface area contributed by atoms with Crippen molar-refractivity contribution in [2.75, 3.05) is 37.6 Å². The van der Waals surface area contributed by atoms with Crippen molar-refractivity contribution >= 4 is 51.6 Å². The lowest BCUT2D eigenvalue weighted by Gasteiger charge is -2.15. The first-order chi connectivity index (χ1) is 16.4. The minimum atomic E-state index is -0.667. The van der Waals surface area contributed by atoms with Gasteiger partial charge < -0.3 is 24.8 Å². The Morgan fingerprint density at radius 2 is 1.97 bits per heavy atom. The van der Waals surface area contributed by atoms with Crippen LogP contribution >= 0.6 is 11.6 Å². The van der Waals surface area contributed by atoms with Gasteiger partial charge in [0.1, 0.15) is 30.3 Å². The van der Waals surface area contributed by atoms with Crippen LogP contribution in [0.15, 0.2) is 48.8 Å². The fourth-order valence-electron chi connectivity index (χ4n) is 2.85. The molecule has 2 aromatic carbocycles. The Morgan fingerprint density at radius 1 is 1.15 bits per heavy atom. The smallest absolute Gasteiger partial charge is 0.330 e. The Labute approximate surface area is 199 Å². The summed E-state index contributed by atoms with van der Waals surface area (Å²) in [4.78, 5) is 32.2. The molecule has 0 fully saturated rings. The Bertz CT molecular complexity index is 1220. The predicted octanol–water partition coefficient (Wildman–Crippen LogP) is 4.25. The maximum Gasteiger partial charge on any atom is 0.330 e. The van der Waals surface area contributed by atoms with E-state index in [1.165, 1.54) is 31.6 Å². The number of nitrogens with one attached hydrogen (secondary N) is 2. The number of esters is 1. The number of benzene rings is 2. The van der Waals surface area contributed by atoms with Crippen molar-refractivity contribution in [3.63, 3.8) is 0 Å². The van der Waals surface area contributed by atoms with Gasteiger partial charge >= 0.3 is 5.97 Å². The van der Waals surface area contributed by atoms with Crippen LogP contribution in [0.5, 0.6) is 5.75 Å². The highest BCUT2D eigenvalue weighted by Gasteiger charge is 2.14. The van der Waals surface area contributed by atoms with Crippen LogP contribution in [-0.4, -0.2) is 48.8 Å². The summed E-state index contributed by atoms with van der Waals surface area (Å²) in [6.45, 7) is 3.00. The van der Waals surface area contributed by atoms with Crippen LogP contribution in [-0.2, 0) is 19.1 Å². The molecule has 0 unspecified atom stereocenters. The highest BCUT2D eigenvalue weighted by Crippen LogP contribution is 2.34. The van der Waals surface area contributed by atoms with Gasteiger partial charge in [-0.05, 0) is 31.2 Å². The highest BCUT2D eigenvalue weighted by molar-refractivity contribution is 6.31. The van der Waals surface area contributed by atoms with Crippen LogP contribution in [0.2, 0.25) is 5.02 Å². The van der Waals surface area contributed by atoms with Crippen molar-refractivity contribution in [1.29, 1.82) is 0 Å². The quantitative estimate of drug-likeness (QED) is 0.247. The number of fused-ring (bicyclic) bond motifs is 1. The Hall–Kier alpha value is -3.76. The zero-order valence-electron chi connectivity index (χ0n) is 18.4. The van der Waals surface area contributed by atoms with Crippen molar-refractivity contribution in [1.82, 2.24) is 9.97 Å². The Morgan fingerprint density at radius 3 is 2.71 bits per heavy atom. The molecule has 178 valence electrons. The largest absolute Gasteiger partial charge is 0.489 e. The van der Waals surface area contributed by atoms with E-state index >= 15 is 0 Å². The number of carbonyl (C=O) groups is 2. The molecule has 1 heterocycles. The standard InChI is InChI=1S/C23H22ClFN4O5/c1-3-33-8-9-34-20-12-18-15(11-19(20)29-21(30)6-7-22(31)32-2)23(27-13-26-18)28-14-4-5-17(25)16(24)10-14/h4-7,10-13H,3,8-9H2,1-2H3,(H,29,30)(H,26,27,28)/b7-6+. The van der Waals surface area contributed by atoms with Crippen molar-refractivity contribution in [3.05, 3.63) is 59.7 Å². The summed E-state index contributed by atoms with van der Waals surface area (Å²) >= 11 is 5.87. The summed E-state index contributed by atoms with van der Waals surface area (Å²) in [5.41, 5.74) is 1.36. The lowest BCUT2D eigenvalue weighted by Crippen LogP contribution is -2.12. The number of carbonyl (C=O) groups excluding carboxylic acids is 2. The average Bonchev–Trinajstić information content (AvgIpc) is 2.83. The highest BCUT2D eigenvalue weighted by atomic mass is 35.5. The van der Waals surface area contributed by atoms with E-state index in [0.29, 0.717) is 47.1 Å². The van der Waals surface area contributed by atoms with Crippen LogP contribution in [0, 0.1) is 5.82 Å². The molecule has 0 aliphatic heterocycles. The fourth-order valence-corrected chi connectivity index (χ4v) is 3.03. The van der Waals surface area contributed by atoms with Gasteiger partial charge in [0.15, 0.2) is 0 Å². The Kier molecular flexibility index (Phi) is 8.72. The van der Waals surface area contributed by atoms with Crippen LogP contribution < -0.4 is 15.4 Å². The molecule has 3 rings (SSSR count). The second-order valence-electron chi connectivity index (χ2n) is 6.73. The summed E-state index contributed by atoms with van der Waals surface area (Å²) in [5.74, 6) is -1.04. The van der Waals surface area contributed by atoms with Gasteiger partial charge in [-0.2, -0.15) is 0 Å². The monoisotopic (exact) mass is 488 g/mol. The molecular weight excluding hydrogens is 467 g/mol. The third kappa shape index (κ3) is 6.63. The van der Waals surface area contributed by atoms with Gasteiger partial charge in [-0.25, -0.2) is 19.2 Å². The van der Waals surface area contributed by atoms with Crippen LogP contribution in [0.3, 0.4) is 0 Å². The van der Waals surface area contributed by atoms with E-state index < -0.39 is 17.7 Å². The maximum absolute atomic E-state index is 13.5. The van der Waals surface area contributed by atoms with Gasteiger partial charge in [0, 0.05) is 35.9 Å². The minimum absolute atomic E-state index is 0.0429. The van der Waals surface area contributed by atoms with E-state index in [2.05, 4.69) is 25.3 Å². The Balaban J connectivity index is 1.96. The van der Waals surface area contributed by atoms with Crippen LogP contribution in [0.4, 0.5) is 21.6 Å². The van der Waals surface area contributed by atoms with Crippen molar-refractivity contribution in [2.45, 2.75) is 6.92 Å². The molecule has 0 aliphatic carbocycles. The second-order valence-corrected chi connectivity index (χ2v) is 7.14. The van der Waals surface area contributed by atoms with Crippen molar-refractivity contribution in [2.24, 2.45) is 0 Å². The summed E-state index contributed by atoms with van der Waals surface area (Å²) < 4.78 is 29.1. The predicted molar refractivity (Wildman–Crippen MR) is 126 cm³/mol. The molecule has 0 spiro atoms. The number of rotatable bonds is 10. The van der Waals surface area contributed by atoms with Gasteiger partial charge in [0.05, 0.1) is 29.9 Å². The molecule has 9 nitrogen and oxygen atoms in total. The fraction of sp³-hybridized carbons (Fsp3) is 0.217. The van der Waals surface area contributed by atoms with Gasteiger partial charge in [-0.1, -0.05) is 11.6 Å². The summed E-state index contributed by atoms with van der Waals surface area (Å²) in [6.07, 6.45) is 3.40. The number of halogens is 2. The van der Waals surface area contributed by atoms with E-state index in [1.54, 1.807) is 12.1 Å². The summed E-state index contributed by atoms with van der Waals surface area (Å²) in [7, 11) is 1.21. The average molecular weight is 489 g/mol. The number of hydrogen-bond acceptors (Lipinski definition) is 8. The topological polar surface area (TPSA) is 112 Å². The van der Waals surface area contributed by atoms with Gasteiger partial charge in [-0.3, -0.25) is 4.79 Å². The van der Waals surface area contributed by atoms with Crippen molar-refractivity contribution in [3.8, 4) is 5.75 Å². The number of anilines is 3. The molecule has 0 saturated heterocycles. The molecular formula is C23H22ClFN4O5. The first kappa shape index (κ1) is 24.9. The normalized spacial score (nSPS) is 10.9. The third-order valence-electron chi connectivity index (χ3n) is 4.44. The molecule has 2 N–H and O–H groups in total. The minimum Gasteiger partial charge on any atom is -0.489 e. The molecule has 0 saturated carbocycles. The molecule has 1 amide bonds. The number of amides is 1. The number of nitrogens with zero attached hydrogens (tertiary/aromatic N) is 2. The SMILES string of the molecule is CCOCCOc1cc2ncnc(Nc3ccc(F)c(Cl)c3)c2cc1NC(=O)/C=C/C(=O)OC. The first-order valence-corrected chi connectivity index (χ1v) is 10.6. The zero-order valence-corrected chi connectivity index (χ0v) is 19.2. The third-order valence-corrected chi connectivity index (χ3v) is 4.73. The van der Waals surface area contributed by atoms with E-state index in [-0.39, 0.29) is 11.6 Å². The van der Waals surface area contributed by atoms with E-state index in [4.69, 9.17) is 21.1 Å². The summed E-state index contributed by atoms with van der Waals surface area (Å²) in [6, 6.07) is 7.45. The lowest BCUT2D eigenvalue weighted by molar-refractivity contribution is -0.135. The molecule has 0 radical (unpaired) electrons. The van der Waals surface area contributed by atoms with E-state index in [1.807, 2.05) is 6.92 Å². The van der Waals surface area contributed by atoms with Gasteiger partial charge in [-0.15, -0.1) is 0 Å². The zero-order chi connectivity index (χ0) is 24.5. The van der Waals surface area contributed by atoms with Crippen LogP contribution in [0.1, 0.15) is 6.92 Å². The second kappa shape index (κ2) is 11.9. The van der Waals surface area contributed by atoms with Gasteiger partial charge in [0.2, 0.25) is 5.91 Å². The molecule has 0 aliphatic rings. The molecule has 34 heavy (non-hydrogen) atoms. The molecule has 11 heteroatoms. The molecule has 3 aromatic rings. The maximum atomic E-state index is 13.5. The van der Waals surface area contributed by atoms with Gasteiger partial charge in [0.25, 0.3) is 0 Å². The van der Waals surface area contributed by atoms with E-state index in [0.717, 1.165) is 12.2 Å².